The number of aromatic nitrogens is 1. The SMILES string of the molecule is CC=Cc1csc(C2CO2)n1. The van der Waals surface area contributed by atoms with Gasteiger partial charge in [-0.25, -0.2) is 4.98 Å². The molecule has 0 radical (unpaired) electrons. The van der Waals surface area contributed by atoms with Crippen LogP contribution in [0.5, 0.6) is 0 Å². The van der Waals surface area contributed by atoms with Crippen LogP contribution in [-0.4, -0.2) is 11.6 Å². The average molecular weight is 167 g/mol. The molecular formula is C8H9NOS. The number of nitrogens with zero attached hydrogens (tertiary/aromatic N) is 1. The van der Waals surface area contributed by atoms with Crippen molar-refractivity contribution in [1.29, 1.82) is 0 Å². The zero-order valence-corrected chi connectivity index (χ0v) is 7.10. The first-order chi connectivity index (χ1) is 5.40. The highest BCUT2D eigenvalue weighted by Gasteiger charge is 2.27. The molecule has 0 amide bonds. The van der Waals surface area contributed by atoms with E-state index in [0.717, 1.165) is 17.3 Å². The van der Waals surface area contributed by atoms with Crippen molar-refractivity contribution in [3.63, 3.8) is 0 Å². The highest BCUT2D eigenvalue weighted by Crippen LogP contribution is 2.31. The van der Waals surface area contributed by atoms with Crippen molar-refractivity contribution in [2.45, 2.75) is 13.0 Å². The molecule has 1 unspecified atom stereocenters. The summed E-state index contributed by atoms with van der Waals surface area (Å²) in [4.78, 5) is 4.37. The quantitative estimate of drug-likeness (QED) is 0.631. The van der Waals surface area contributed by atoms with E-state index < -0.39 is 0 Å². The average Bonchev–Trinajstić information content (AvgIpc) is 2.75. The summed E-state index contributed by atoms with van der Waals surface area (Å²) < 4.78 is 5.11. The van der Waals surface area contributed by atoms with Crippen LogP contribution in [0, 0.1) is 0 Å². The van der Waals surface area contributed by atoms with Gasteiger partial charge in [0.2, 0.25) is 0 Å². The Labute approximate surface area is 69.5 Å². The van der Waals surface area contributed by atoms with Gasteiger partial charge in [0.1, 0.15) is 11.1 Å². The van der Waals surface area contributed by atoms with E-state index in [1.165, 1.54) is 0 Å². The molecule has 3 heteroatoms. The maximum atomic E-state index is 5.11. The predicted octanol–water partition coefficient (Wildman–Crippen LogP) is 2.25. The molecule has 0 bridgehead atoms. The van der Waals surface area contributed by atoms with Gasteiger partial charge in [0.15, 0.2) is 0 Å². The number of thiazole rings is 1. The van der Waals surface area contributed by atoms with Crippen molar-refractivity contribution >= 4 is 17.4 Å². The molecular weight excluding hydrogens is 158 g/mol. The Balaban J connectivity index is 2.18. The van der Waals surface area contributed by atoms with Crippen molar-refractivity contribution in [1.82, 2.24) is 4.98 Å². The molecule has 0 saturated carbocycles. The highest BCUT2D eigenvalue weighted by molar-refractivity contribution is 7.09. The molecule has 1 saturated heterocycles. The normalized spacial score (nSPS) is 22.8. The Bertz CT molecular complexity index is 275. The van der Waals surface area contributed by atoms with Crippen molar-refractivity contribution in [2.24, 2.45) is 0 Å². The first kappa shape index (κ1) is 7.00. The molecule has 0 aromatic carbocycles. The van der Waals surface area contributed by atoms with Crippen molar-refractivity contribution in [2.75, 3.05) is 6.61 Å². The molecule has 1 fully saturated rings. The van der Waals surface area contributed by atoms with E-state index in [1.54, 1.807) is 11.3 Å². The van der Waals surface area contributed by atoms with Crippen LogP contribution in [-0.2, 0) is 4.74 Å². The minimum Gasteiger partial charge on any atom is -0.365 e. The Kier molecular flexibility index (Phi) is 1.75. The minimum atomic E-state index is 0.305. The van der Waals surface area contributed by atoms with E-state index in [4.69, 9.17) is 4.74 Å². The monoisotopic (exact) mass is 167 g/mol. The molecule has 1 aliphatic heterocycles. The lowest BCUT2D eigenvalue weighted by atomic mass is 10.4. The van der Waals surface area contributed by atoms with Gasteiger partial charge in [-0.3, -0.25) is 0 Å². The molecule has 1 aromatic rings. The second-order valence-corrected chi connectivity index (χ2v) is 3.32. The maximum absolute atomic E-state index is 5.11. The summed E-state index contributed by atoms with van der Waals surface area (Å²) in [5.41, 5.74) is 1.04. The number of epoxide rings is 1. The van der Waals surface area contributed by atoms with E-state index in [2.05, 4.69) is 10.4 Å². The van der Waals surface area contributed by atoms with Crippen molar-refractivity contribution in [3.8, 4) is 0 Å². The Morgan fingerprint density at radius 1 is 1.82 bits per heavy atom. The van der Waals surface area contributed by atoms with Crippen LogP contribution in [0.15, 0.2) is 11.5 Å². The summed E-state index contributed by atoms with van der Waals surface area (Å²) in [7, 11) is 0. The topological polar surface area (TPSA) is 25.4 Å². The molecule has 58 valence electrons. The van der Waals surface area contributed by atoms with Gasteiger partial charge in [-0.2, -0.15) is 0 Å². The standard InChI is InChI=1S/C8H9NOS/c1-2-3-6-5-11-8(9-6)7-4-10-7/h2-3,5,7H,4H2,1H3. The van der Waals surface area contributed by atoms with E-state index in [1.807, 2.05) is 19.1 Å². The molecule has 2 rings (SSSR count). The molecule has 1 aliphatic rings. The minimum absolute atomic E-state index is 0.305. The second-order valence-electron chi connectivity index (χ2n) is 2.43. The third-order valence-corrected chi connectivity index (χ3v) is 2.44. The van der Waals surface area contributed by atoms with E-state index in [-0.39, 0.29) is 0 Å². The van der Waals surface area contributed by atoms with Gasteiger partial charge >= 0.3 is 0 Å². The Hall–Kier alpha value is -0.670. The molecule has 1 aromatic heterocycles. The lowest BCUT2D eigenvalue weighted by molar-refractivity contribution is 0.415. The summed E-state index contributed by atoms with van der Waals surface area (Å²) in [6.07, 6.45) is 4.30. The number of hydrogen-bond acceptors (Lipinski definition) is 3. The molecule has 11 heavy (non-hydrogen) atoms. The summed E-state index contributed by atoms with van der Waals surface area (Å²) >= 11 is 1.67. The smallest absolute Gasteiger partial charge is 0.132 e. The van der Waals surface area contributed by atoms with E-state index >= 15 is 0 Å². The third kappa shape index (κ3) is 1.49. The fourth-order valence-corrected chi connectivity index (χ4v) is 1.71. The second kappa shape index (κ2) is 2.75. The molecule has 2 nitrogen and oxygen atoms in total. The van der Waals surface area contributed by atoms with Crippen LogP contribution in [0.2, 0.25) is 0 Å². The van der Waals surface area contributed by atoms with Crippen LogP contribution in [0.25, 0.3) is 6.08 Å². The highest BCUT2D eigenvalue weighted by atomic mass is 32.1. The van der Waals surface area contributed by atoms with Crippen LogP contribution in [0.4, 0.5) is 0 Å². The predicted molar refractivity (Wildman–Crippen MR) is 45.5 cm³/mol. The number of allylic oxidation sites excluding steroid dienone is 1. The molecule has 1 atom stereocenters. The van der Waals surface area contributed by atoms with Crippen LogP contribution < -0.4 is 0 Å². The third-order valence-electron chi connectivity index (χ3n) is 1.49. The van der Waals surface area contributed by atoms with Gasteiger partial charge in [0, 0.05) is 5.38 Å². The molecule has 2 heterocycles. The van der Waals surface area contributed by atoms with E-state index in [9.17, 15) is 0 Å². The van der Waals surface area contributed by atoms with Gasteiger partial charge < -0.3 is 4.74 Å². The van der Waals surface area contributed by atoms with Crippen LogP contribution in [0.3, 0.4) is 0 Å². The zero-order chi connectivity index (χ0) is 7.68. The summed E-state index contributed by atoms with van der Waals surface area (Å²) in [5.74, 6) is 0. The zero-order valence-electron chi connectivity index (χ0n) is 6.28. The summed E-state index contributed by atoms with van der Waals surface area (Å²) in [6.45, 7) is 2.84. The van der Waals surface area contributed by atoms with Gasteiger partial charge in [0.25, 0.3) is 0 Å². The Morgan fingerprint density at radius 3 is 3.27 bits per heavy atom. The largest absolute Gasteiger partial charge is 0.365 e. The van der Waals surface area contributed by atoms with E-state index in [0.29, 0.717) is 6.10 Å². The van der Waals surface area contributed by atoms with Crippen LogP contribution in [0.1, 0.15) is 23.7 Å². The molecule has 0 aliphatic carbocycles. The Morgan fingerprint density at radius 2 is 2.64 bits per heavy atom. The lowest BCUT2D eigenvalue weighted by Crippen LogP contribution is -1.77. The molecule has 0 N–H and O–H groups in total. The van der Waals surface area contributed by atoms with Gasteiger partial charge in [-0.05, 0) is 13.0 Å². The lowest BCUT2D eigenvalue weighted by Gasteiger charge is -1.81. The van der Waals surface area contributed by atoms with Gasteiger partial charge in [-0.15, -0.1) is 11.3 Å². The number of rotatable bonds is 2. The first-order valence-electron chi connectivity index (χ1n) is 3.60. The van der Waals surface area contributed by atoms with Gasteiger partial charge in [0.05, 0.1) is 12.3 Å². The van der Waals surface area contributed by atoms with Gasteiger partial charge in [-0.1, -0.05) is 6.08 Å². The summed E-state index contributed by atoms with van der Waals surface area (Å²) in [5, 5.41) is 3.16. The number of ether oxygens (including phenoxy) is 1. The number of hydrogen-bond donors (Lipinski definition) is 0. The maximum Gasteiger partial charge on any atom is 0.132 e. The fraction of sp³-hybridized carbons (Fsp3) is 0.375. The van der Waals surface area contributed by atoms with Crippen molar-refractivity contribution in [3.05, 3.63) is 22.2 Å². The van der Waals surface area contributed by atoms with Crippen LogP contribution >= 0.6 is 11.3 Å². The first-order valence-corrected chi connectivity index (χ1v) is 4.48. The summed E-state index contributed by atoms with van der Waals surface area (Å²) in [6, 6.07) is 0. The van der Waals surface area contributed by atoms with Crippen molar-refractivity contribution < 1.29 is 4.74 Å². The molecule has 0 spiro atoms. The fourth-order valence-electron chi connectivity index (χ4n) is 0.887.